The number of esters is 1. The van der Waals surface area contributed by atoms with Crippen LogP contribution in [0.5, 0.6) is 0 Å². The topological polar surface area (TPSA) is 29.5 Å². The van der Waals surface area contributed by atoms with Gasteiger partial charge in [-0.3, -0.25) is 0 Å². The maximum atomic E-state index is 10.6. The molecular formula is C10H20ClNO2. The fraction of sp³-hybridized carbons (Fsp3) is 0.700. The summed E-state index contributed by atoms with van der Waals surface area (Å²) in [4.78, 5) is 12.8. The zero-order chi connectivity index (χ0) is 11.4. The lowest BCUT2D eigenvalue weighted by Gasteiger charge is -2.16. The highest BCUT2D eigenvalue weighted by Gasteiger charge is 1.99. The van der Waals surface area contributed by atoms with Gasteiger partial charge >= 0.3 is 5.97 Å². The number of carbonyl (C=O) groups is 1. The van der Waals surface area contributed by atoms with Crippen molar-refractivity contribution in [3.05, 3.63) is 12.7 Å². The Morgan fingerprint density at radius 1 is 1.43 bits per heavy atom. The third-order valence-electron chi connectivity index (χ3n) is 1.71. The molecule has 0 N–H and O–H groups in total. The van der Waals surface area contributed by atoms with E-state index in [1.54, 1.807) is 0 Å². The minimum absolute atomic E-state index is 0.345. The maximum Gasteiger partial charge on any atom is 0.330 e. The van der Waals surface area contributed by atoms with Crippen LogP contribution in [0.15, 0.2) is 12.7 Å². The Bertz CT molecular complexity index is 147. The second-order valence-corrected chi connectivity index (χ2v) is 2.40. The Labute approximate surface area is 91.7 Å². The molecule has 14 heavy (non-hydrogen) atoms. The SMILES string of the molecule is C=CC(=O)OCCN(CC)CC.CCl. The van der Waals surface area contributed by atoms with E-state index in [0.29, 0.717) is 6.61 Å². The van der Waals surface area contributed by atoms with Crippen molar-refractivity contribution >= 4 is 17.6 Å². The van der Waals surface area contributed by atoms with E-state index in [1.165, 1.54) is 12.5 Å². The van der Waals surface area contributed by atoms with Gasteiger partial charge in [-0.25, -0.2) is 4.79 Å². The molecule has 0 amide bonds. The first-order chi connectivity index (χ1) is 6.74. The molecule has 0 aliphatic carbocycles. The van der Waals surface area contributed by atoms with E-state index < -0.39 is 0 Å². The van der Waals surface area contributed by atoms with Crippen molar-refractivity contribution in [2.75, 3.05) is 32.6 Å². The first-order valence-electron chi connectivity index (χ1n) is 4.63. The lowest BCUT2D eigenvalue weighted by Crippen LogP contribution is -2.27. The van der Waals surface area contributed by atoms with Crippen LogP contribution in [0.4, 0.5) is 0 Å². The molecule has 0 unspecified atom stereocenters. The maximum absolute atomic E-state index is 10.6. The van der Waals surface area contributed by atoms with E-state index in [0.717, 1.165) is 19.6 Å². The standard InChI is InChI=1S/C9H17NO2.CH3Cl/c1-4-9(11)12-8-7-10(5-2)6-3;1-2/h4H,1,5-8H2,2-3H3;1H3. The first-order valence-corrected chi connectivity index (χ1v) is 5.39. The van der Waals surface area contributed by atoms with Gasteiger partial charge in [-0.2, -0.15) is 0 Å². The fourth-order valence-electron chi connectivity index (χ4n) is 0.874. The molecule has 0 radical (unpaired) electrons. The van der Waals surface area contributed by atoms with Gasteiger partial charge in [0.2, 0.25) is 0 Å². The monoisotopic (exact) mass is 221 g/mol. The van der Waals surface area contributed by atoms with Crippen molar-refractivity contribution in [2.24, 2.45) is 0 Å². The van der Waals surface area contributed by atoms with Crippen molar-refractivity contribution < 1.29 is 9.53 Å². The van der Waals surface area contributed by atoms with Gasteiger partial charge in [0.1, 0.15) is 6.61 Å². The summed E-state index contributed by atoms with van der Waals surface area (Å²) in [5.41, 5.74) is 0. The summed E-state index contributed by atoms with van der Waals surface area (Å²) in [6.07, 6.45) is 2.65. The van der Waals surface area contributed by atoms with Crippen molar-refractivity contribution in [1.29, 1.82) is 0 Å². The highest BCUT2D eigenvalue weighted by Crippen LogP contribution is 1.87. The van der Waals surface area contributed by atoms with E-state index in [1.807, 2.05) is 0 Å². The average molecular weight is 222 g/mol. The number of carbonyl (C=O) groups excluding carboxylic acids is 1. The quantitative estimate of drug-likeness (QED) is 0.390. The summed E-state index contributed by atoms with van der Waals surface area (Å²) in [5.74, 6) is -0.345. The number of alkyl halides is 1. The summed E-state index contributed by atoms with van der Waals surface area (Å²) in [6, 6.07) is 0. The summed E-state index contributed by atoms with van der Waals surface area (Å²) in [6.45, 7) is 10.7. The predicted octanol–water partition coefficient (Wildman–Crippen LogP) is 1.91. The van der Waals surface area contributed by atoms with Crippen LogP contribution >= 0.6 is 11.6 Å². The molecule has 0 aromatic carbocycles. The second-order valence-electron chi connectivity index (χ2n) is 2.40. The molecule has 4 heteroatoms. The van der Waals surface area contributed by atoms with Crippen molar-refractivity contribution in [3.63, 3.8) is 0 Å². The second kappa shape index (κ2) is 12.5. The molecule has 0 saturated heterocycles. The summed E-state index contributed by atoms with van der Waals surface area (Å²) < 4.78 is 4.83. The summed E-state index contributed by atoms with van der Waals surface area (Å²) >= 11 is 4.64. The van der Waals surface area contributed by atoms with Crippen molar-refractivity contribution in [2.45, 2.75) is 13.8 Å². The molecule has 0 bridgehead atoms. The van der Waals surface area contributed by atoms with Gasteiger partial charge in [-0.05, 0) is 13.1 Å². The smallest absolute Gasteiger partial charge is 0.330 e. The van der Waals surface area contributed by atoms with Crippen LogP contribution in [0, 0.1) is 0 Å². The molecule has 0 spiro atoms. The number of hydrogen-bond donors (Lipinski definition) is 0. The molecule has 84 valence electrons. The van der Waals surface area contributed by atoms with Gasteiger partial charge in [-0.1, -0.05) is 20.4 Å². The number of rotatable bonds is 6. The van der Waals surface area contributed by atoms with Crippen molar-refractivity contribution in [1.82, 2.24) is 4.90 Å². The largest absolute Gasteiger partial charge is 0.461 e. The van der Waals surface area contributed by atoms with Gasteiger partial charge in [0, 0.05) is 19.0 Å². The van der Waals surface area contributed by atoms with Gasteiger partial charge in [0.05, 0.1) is 0 Å². The van der Waals surface area contributed by atoms with Gasteiger partial charge < -0.3 is 9.64 Å². The highest BCUT2D eigenvalue weighted by molar-refractivity contribution is 6.15. The zero-order valence-corrected chi connectivity index (χ0v) is 10.0. The van der Waals surface area contributed by atoms with E-state index >= 15 is 0 Å². The lowest BCUT2D eigenvalue weighted by molar-refractivity contribution is -0.138. The zero-order valence-electron chi connectivity index (χ0n) is 9.25. The molecular weight excluding hydrogens is 202 g/mol. The first kappa shape index (κ1) is 15.9. The van der Waals surface area contributed by atoms with Gasteiger partial charge in [0.15, 0.2) is 0 Å². The Morgan fingerprint density at radius 3 is 2.29 bits per heavy atom. The van der Waals surface area contributed by atoms with Crippen LogP contribution in [0.2, 0.25) is 0 Å². The highest BCUT2D eigenvalue weighted by atomic mass is 35.5. The molecule has 0 heterocycles. The molecule has 0 rings (SSSR count). The predicted molar refractivity (Wildman–Crippen MR) is 60.7 cm³/mol. The Morgan fingerprint density at radius 2 is 1.93 bits per heavy atom. The Balaban J connectivity index is 0. The third-order valence-corrected chi connectivity index (χ3v) is 1.71. The lowest BCUT2D eigenvalue weighted by atomic mass is 10.5. The minimum Gasteiger partial charge on any atom is -0.461 e. The Kier molecular flexibility index (Phi) is 14.2. The number of hydrogen-bond acceptors (Lipinski definition) is 3. The molecule has 0 aromatic heterocycles. The molecule has 0 saturated carbocycles. The third kappa shape index (κ3) is 9.55. The minimum atomic E-state index is -0.345. The van der Waals surface area contributed by atoms with Gasteiger partial charge in [0.25, 0.3) is 0 Å². The Hall–Kier alpha value is -0.540. The van der Waals surface area contributed by atoms with Crippen LogP contribution in [-0.4, -0.2) is 43.5 Å². The van der Waals surface area contributed by atoms with E-state index in [4.69, 9.17) is 4.74 Å². The van der Waals surface area contributed by atoms with Gasteiger partial charge in [-0.15, -0.1) is 11.6 Å². The molecule has 0 atom stereocenters. The van der Waals surface area contributed by atoms with E-state index in [2.05, 4.69) is 36.9 Å². The summed E-state index contributed by atoms with van der Waals surface area (Å²) in [7, 11) is 0. The normalized spacial score (nSPS) is 8.93. The summed E-state index contributed by atoms with van der Waals surface area (Å²) in [5, 5.41) is 0. The molecule has 0 fully saturated rings. The van der Waals surface area contributed by atoms with E-state index in [9.17, 15) is 4.79 Å². The number of likely N-dealkylation sites (N-methyl/N-ethyl adjacent to an activating group) is 1. The fourth-order valence-corrected chi connectivity index (χ4v) is 0.874. The van der Waals surface area contributed by atoms with Crippen LogP contribution in [-0.2, 0) is 9.53 Å². The van der Waals surface area contributed by atoms with E-state index in [-0.39, 0.29) is 5.97 Å². The molecule has 0 aliphatic rings. The molecule has 0 aliphatic heterocycles. The molecule has 0 aromatic rings. The van der Waals surface area contributed by atoms with Crippen LogP contribution in [0.3, 0.4) is 0 Å². The van der Waals surface area contributed by atoms with Crippen LogP contribution < -0.4 is 0 Å². The number of ether oxygens (including phenoxy) is 1. The van der Waals surface area contributed by atoms with Crippen molar-refractivity contribution in [3.8, 4) is 0 Å². The number of halogens is 1. The van der Waals surface area contributed by atoms with Crippen LogP contribution in [0.1, 0.15) is 13.8 Å². The number of nitrogens with zero attached hydrogens (tertiary/aromatic N) is 1. The average Bonchev–Trinajstić information content (AvgIpc) is 2.27. The molecule has 3 nitrogen and oxygen atoms in total. The van der Waals surface area contributed by atoms with Crippen LogP contribution in [0.25, 0.3) is 0 Å².